The molecule has 3 aromatic carbocycles. The molecule has 2 atom stereocenters. The van der Waals surface area contributed by atoms with Crippen LogP contribution in [0.25, 0.3) is 0 Å². The van der Waals surface area contributed by atoms with Crippen LogP contribution in [0, 0.1) is 5.92 Å². The number of anilines is 1. The number of nitrogens with zero attached hydrogens (tertiary/aromatic N) is 1. The van der Waals surface area contributed by atoms with Crippen molar-refractivity contribution >= 4 is 39.0 Å². The van der Waals surface area contributed by atoms with Gasteiger partial charge in [-0.1, -0.05) is 35.9 Å². The molecule has 0 bridgehead atoms. The average Bonchev–Trinajstić information content (AvgIpc) is 3.05. The lowest BCUT2D eigenvalue weighted by molar-refractivity contribution is -0.141. The molecule has 0 spiro atoms. The van der Waals surface area contributed by atoms with E-state index in [1.807, 2.05) is 0 Å². The third-order valence-electron chi connectivity index (χ3n) is 6.41. The van der Waals surface area contributed by atoms with E-state index in [4.69, 9.17) is 16.3 Å². The molecular formula is C26H21ClF3NO6S. The Morgan fingerprint density at radius 1 is 1.03 bits per heavy atom. The summed E-state index contributed by atoms with van der Waals surface area (Å²) in [6, 6.07) is 14.3. The van der Waals surface area contributed by atoms with Crippen LogP contribution in [0.4, 0.5) is 18.9 Å². The summed E-state index contributed by atoms with van der Waals surface area (Å²) in [4.78, 5) is 26.8. The highest BCUT2D eigenvalue weighted by molar-refractivity contribution is 7.92. The summed E-state index contributed by atoms with van der Waals surface area (Å²) >= 11 is 6.05. The summed E-state index contributed by atoms with van der Waals surface area (Å²) in [6.45, 7) is -0.701. The first kappa shape index (κ1) is 27.5. The Morgan fingerprint density at radius 2 is 1.68 bits per heavy atom. The van der Waals surface area contributed by atoms with Gasteiger partial charge in [0.1, 0.15) is 5.75 Å². The average molecular weight is 568 g/mol. The van der Waals surface area contributed by atoms with Crippen LogP contribution in [0.3, 0.4) is 0 Å². The molecule has 200 valence electrons. The minimum Gasteiger partial charge on any atom is -0.497 e. The maximum absolute atomic E-state index is 13.8. The van der Waals surface area contributed by atoms with Crippen LogP contribution in [0.15, 0.2) is 71.6 Å². The summed E-state index contributed by atoms with van der Waals surface area (Å²) in [5, 5.41) is 8.09. The molecule has 0 aromatic heterocycles. The first-order valence-corrected chi connectivity index (χ1v) is 13.1. The standard InChI is InChI=1S/C26H21ClF3NO6S/c1-37-16-9-11-17(12-10-16)38(35,36)22-13-15-5-2-3-8-21(15)31(14-18(22)25(33)34)24(32)23-19(26(28,29)30)6-4-7-20(23)27/h2-12,18,22H,13-14H2,1H3,(H,33,34). The highest BCUT2D eigenvalue weighted by atomic mass is 35.5. The number of ether oxygens (including phenoxy) is 1. The van der Waals surface area contributed by atoms with Crippen LogP contribution >= 0.6 is 11.6 Å². The summed E-state index contributed by atoms with van der Waals surface area (Å²) in [6.07, 6.45) is -5.21. The first-order chi connectivity index (χ1) is 17.9. The second-order valence-corrected chi connectivity index (χ2v) is 11.2. The number of hydrogen-bond donors (Lipinski definition) is 1. The Morgan fingerprint density at radius 3 is 2.29 bits per heavy atom. The molecule has 1 amide bonds. The molecule has 0 radical (unpaired) electrons. The molecule has 1 N–H and O–H groups in total. The molecule has 3 aromatic rings. The van der Waals surface area contributed by atoms with Crippen LogP contribution < -0.4 is 9.64 Å². The van der Waals surface area contributed by atoms with Gasteiger partial charge < -0.3 is 14.7 Å². The molecule has 1 aliphatic heterocycles. The van der Waals surface area contributed by atoms with Crippen LogP contribution in [0.5, 0.6) is 5.75 Å². The predicted octanol–water partition coefficient (Wildman–Crippen LogP) is 5.11. The van der Waals surface area contributed by atoms with Gasteiger partial charge in [0, 0.05) is 12.2 Å². The third kappa shape index (κ3) is 5.08. The van der Waals surface area contributed by atoms with Crippen molar-refractivity contribution in [3.05, 3.63) is 88.4 Å². The zero-order valence-corrected chi connectivity index (χ0v) is 21.3. The van der Waals surface area contributed by atoms with E-state index in [2.05, 4.69) is 0 Å². The number of alkyl halides is 3. The normalized spacial score (nSPS) is 17.9. The Bertz CT molecular complexity index is 1490. The number of aliphatic carboxylic acids is 1. The number of para-hydroxylation sites is 1. The molecule has 1 aliphatic rings. The number of amides is 1. The quantitative estimate of drug-likeness (QED) is 0.460. The highest BCUT2D eigenvalue weighted by Crippen LogP contribution is 2.39. The van der Waals surface area contributed by atoms with Crippen molar-refractivity contribution in [3.8, 4) is 5.75 Å². The minimum atomic E-state index is -4.92. The fourth-order valence-corrected chi connectivity index (χ4v) is 6.68. The van der Waals surface area contributed by atoms with Crippen LogP contribution in [0.1, 0.15) is 21.5 Å². The van der Waals surface area contributed by atoms with Gasteiger partial charge in [-0.25, -0.2) is 8.42 Å². The molecule has 0 saturated carbocycles. The second kappa shape index (κ2) is 10.3. The number of methoxy groups -OCH3 is 1. The van der Waals surface area contributed by atoms with Crippen LogP contribution in [-0.4, -0.2) is 44.3 Å². The molecule has 1 heterocycles. The van der Waals surface area contributed by atoms with Gasteiger partial charge in [0.2, 0.25) is 0 Å². The lowest BCUT2D eigenvalue weighted by atomic mass is 10.0. The van der Waals surface area contributed by atoms with Gasteiger partial charge >= 0.3 is 12.1 Å². The molecule has 2 unspecified atom stereocenters. The smallest absolute Gasteiger partial charge is 0.417 e. The largest absolute Gasteiger partial charge is 0.497 e. The van der Waals surface area contributed by atoms with Crippen molar-refractivity contribution in [2.75, 3.05) is 18.6 Å². The van der Waals surface area contributed by atoms with Gasteiger partial charge in [-0.2, -0.15) is 13.2 Å². The Balaban J connectivity index is 1.86. The van der Waals surface area contributed by atoms with E-state index < -0.39 is 61.8 Å². The number of carboxylic acids is 1. The number of sulfone groups is 1. The maximum Gasteiger partial charge on any atom is 0.417 e. The topological polar surface area (TPSA) is 101 Å². The number of carbonyl (C=O) groups is 2. The fraction of sp³-hybridized carbons (Fsp3) is 0.231. The van der Waals surface area contributed by atoms with E-state index >= 15 is 0 Å². The Kier molecular flexibility index (Phi) is 7.44. The van der Waals surface area contributed by atoms with Crippen LogP contribution in [0.2, 0.25) is 5.02 Å². The Hall–Kier alpha value is -3.57. The number of fused-ring (bicyclic) bond motifs is 1. The van der Waals surface area contributed by atoms with Gasteiger partial charge in [-0.3, -0.25) is 9.59 Å². The van der Waals surface area contributed by atoms with Crippen molar-refractivity contribution in [3.63, 3.8) is 0 Å². The molecule has 12 heteroatoms. The first-order valence-electron chi connectivity index (χ1n) is 11.2. The molecule has 0 fully saturated rings. The van der Waals surface area contributed by atoms with Crippen LogP contribution in [-0.2, 0) is 27.2 Å². The third-order valence-corrected chi connectivity index (χ3v) is 8.95. The second-order valence-electron chi connectivity index (χ2n) is 8.61. The van der Waals surface area contributed by atoms with Crippen molar-refractivity contribution in [2.24, 2.45) is 5.92 Å². The SMILES string of the molecule is COc1ccc(S(=O)(=O)C2Cc3ccccc3N(C(=O)c3c(Cl)cccc3C(F)(F)F)CC2C(=O)O)cc1. The summed E-state index contributed by atoms with van der Waals surface area (Å²) in [5.41, 5.74) is -1.75. The van der Waals surface area contributed by atoms with Gasteiger partial charge in [0.15, 0.2) is 9.84 Å². The van der Waals surface area contributed by atoms with Gasteiger partial charge in [-0.15, -0.1) is 0 Å². The summed E-state index contributed by atoms with van der Waals surface area (Å²) in [5.74, 6) is -3.99. The van der Waals surface area contributed by atoms with Crippen molar-refractivity contribution < 1.29 is 41.0 Å². The monoisotopic (exact) mass is 567 g/mol. The van der Waals surface area contributed by atoms with Crippen molar-refractivity contribution in [1.82, 2.24) is 0 Å². The minimum absolute atomic E-state index is 0.101. The Labute approximate surface area is 221 Å². The lowest BCUT2D eigenvalue weighted by Crippen LogP contribution is -2.44. The number of halogens is 4. The van der Waals surface area contributed by atoms with Gasteiger partial charge in [0.05, 0.1) is 39.3 Å². The highest BCUT2D eigenvalue weighted by Gasteiger charge is 2.45. The van der Waals surface area contributed by atoms with Gasteiger partial charge in [0.25, 0.3) is 5.91 Å². The molecular weight excluding hydrogens is 547 g/mol. The number of benzene rings is 3. The van der Waals surface area contributed by atoms with E-state index in [1.54, 1.807) is 6.07 Å². The van der Waals surface area contributed by atoms with Crippen molar-refractivity contribution in [1.29, 1.82) is 0 Å². The molecule has 7 nitrogen and oxygen atoms in total. The molecule has 0 saturated heterocycles. The fourth-order valence-electron chi connectivity index (χ4n) is 4.53. The number of rotatable bonds is 5. The maximum atomic E-state index is 13.8. The van der Waals surface area contributed by atoms with Crippen molar-refractivity contribution in [2.45, 2.75) is 22.7 Å². The lowest BCUT2D eigenvalue weighted by Gasteiger charge is -2.28. The van der Waals surface area contributed by atoms with E-state index in [1.165, 1.54) is 49.6 Å². The zero-order valence-electron chi connectivity index (χ0n) is 19.8. The van der Waals surface area contributed by atoms with Gasteiger partial charge in [-0.05, 0) is 54.4 Å². The van der Waals surface area contributed by atoms with E-state index in [9.17, 15) is 36.3 Å². The molecule has 38 heavy (non-hydrogen) atoms. The van der Waals surface area contributed by atoms with E-state index in [-0.39, 0.29) is 22.6 Å². The van der Waals surface area contributed by atoms with E-state index in [0.717, 1.165) is 17.0 Å². The predicted molar refractivity (Wildman–Crippen MR) is 133 cm³/mol. The number of hydrogen-bond acceptors (Lipinski definition) is 5. The summed E-state index contributed by atoms with van der Waals surface area (Å²) in [7, 11) is -2.88. The zero-order chi connectivity index (χ0) is 27.8. The van der Waals surface area contributed by atoms with E-state index in [0.29, 0.717) is 11.8 Å². The summed E-state index contributed by atoms with van der Waals surface area (Å²) < 4.78 is 73.8. The molecule has 0 aliphatic carbocycles. The number of carbonyl (C=O) groups excluding carboxylic acids is 1. The number of carboxylic acid groups (broad SMARTS) is 1. The molecule has 4 rings (SSSR count).